The quantitative estimate of drug-likeness (QED) is 0.912. The Morgan fingerprint density at radius 1 is 1.53 bits per heavy atom. The number of nitrogens with zero attached hydrogens (tertiary/aromatic N) is 1. The molecule has 0 spiro atoms. The molecule has 0 aliphatic rings. The molecule has 3 nitrogen and oxygen atoms in total. The third kappa shape index (κ3) is 3.13. The topological polar surface area (TPSA) is 40.5 Å². The van der Waals surface area contributed by atoms with Crippen LogP contribution >= 0.6 is 27.3 Å². The van der Waals surface area contributed by atoms with Gasteiger partial charge in [-0.1, -0.05) is 6.07 Å². The number of carbonyl (C=O) groups is 1. The van der Waals surface area contributed by atoms with Gasteiger partial charge in [-0.2, -0.15) is 0 Å². The average Bonchev–Trinajstić information content (AvgIpc) is 2.74. The first kappa shape index (κ1) is 14.0. The maximum Gasteiger partial charge on any atom is 0.337 e. The second-order valence-electron chi connectivity index (χ2n) is 4.06. The molecule has 19 heavy (non-hydrogen) atoms. The van der Waals surface area contributed by atoms with Crippen LogP contribution in [-0.4, -0.2) is 18.1 Å². The number of hydrogen-bond acceptors (Lipinski definition) is 3. The zero-order valence-electron chi connectivity index (χ0n) is 10.1. The second-order valence-corrected chi connectivity index (χ2v) is 6.35. The van der Waals surface area contributed by atoms with Crippen LogP contribution in [-0.2, 0) is 6.54 Å². The lowest BCUT2D eigenvalue weighted by Gasteiger charge is -2.21. The third-order valence-electron chi connectivity index (χ3n) is 2.64. The fourth-order valence-corrected chi connectivity index (χ4v) is 3.06. The van der Waals surface area contributed by atoms with Gasteiger partial charge in [0.05, 0.1) is 15.0 Å². The van der Waals surface area contributed by atoms with Gasteiger partial charge in [0.25, 0.3) is 0 Å². The molecular formula is C13H11BrFNO2S. The van der Waals surface area contributed by atoms with Crippen molar-refractivity contribution in [2.75, 3.05) is 11.9 Å². The summed E-state index contributed by atoms with van der Waals surface area (Å²) in [4.78, 5) is 12.7. The lowest BCUT2D eigenvalue weighted by Crippen LogP contribution is -2.20. The Labute approximate surface area is 122 Å². The van der Waals surface area contributed by atoms with E-state index in [1.165, 1.54) is 29.5 Å². The molecule has 0 aliphatic carbocycles. The molecule has 0 atom stereocenters. The predicted molar refractivity (Wildman–Crippen MR) is 77.5 cm³/mol. The number of benzene rings is 1. The maximum atomic E-state index is 13.9. The predicted octanol–water partition coefficient (Wildman–Crippen LogP) is 3.98. The Morgan fingerprint density at radius 3 is 2.84 bits per heavy atom. The fourth-order valence-electron chi connectivity index (χ4n) is 1.86. The third-order valence-corrected chi connectivity index (χ3v) is 4.19. The van der Waals surface area contributed by atoms with Gasteiger partial charge in [0, 0.05) is 13.6 Å². The molecule has 0 amide bonds. The van der Waals surface area contributed by atoms with Gasteiger partial charge in [-0.25, -0.2) is 9.18 Å². The number of hydrogen-bond donors (Lipinski definition) is 1. The number of aromatic carboxylic acids is 1. The molecule has 1 heterocycles. The van der Waals surface area contributed by atoms with E-state index in [4.69, 9.17) is 5.11 Å². The van der Waals surface area contributed by atoms with Gasteiger partial charge in [-0.15, -0.1) is 11.3 Å². The van der Waals surface area contributed by atoms with Crippen LogP contribution in [0.5, 0.6) is 0 Å². The van der Waals surface area contributed by atoms with Crippen molar-refractivity contribution >= 4 is 38.9 Å². The summed E-state index contributed by atoms with van der Waals surface area (Å²) in [6.07, 6.45) is 0. The van der Waals surface area contributed by atoms with Crippen molar-refractivity contribution in [3.8, 4) is 0 Å². The summed E-state index contributed by atoms with van der Waals surface area (Å²) < 4.78 is 14.8. The lowest BCUT2D eigenvalue weighted by molar-refractivity contribution is 0.0697. The first-order valence-electron chi connectivity index (χ1n) is 5.45. The smallest absolute Gasteiger partial charge is 0.337 e. The molecular weight excluding hydrogens is 333 g/mol. The number of rotatable bonds is 4. The van der Waals surface area contributed by atoms with E-state index in [0.29, 0.717) is 6.54 Å². The van der Waals surface area contributed by atoms with Gasteiger partial charge in [0.2, 0.25) is 0 Å². The van der Waals surface area contributed by atoms with E-state index >= 15 is 0 Å². The van der Waals surface area contributed by atoms with Crippen LogP contribution in [0.2, 0.25) is 0 Å². The van der Waals surface area contributed by atoms with Crippen molar-refractivity contribution < 1.29 is 14.3 Å². The molecule has 1 aromatic carbocycles. The van der Waals surface area contributed by atoms with Gasteiger partial charge in [-0.3, -0.25) is 0 Å². The molecule has 0 bridgehead atoms. The normalized spacial score (nSPS) is 10.5. The number of anilines is 1. The van der Waals surface area contributed by atoms with Crippen LogP contribution in [0.1, 0.15) is 15.9 Å². The maximum absolute atomic E-state index is 13.9. The van der Waals surface area contributed by atoms with E-state index in [1.807, 2.05) is 11.4 Å². The molecule has 0 saturated heterocycles. The summed E-state index contributed by atoms with van der Waals surface area (Å²) >= 11 is 4.90. The highest BCUT2D eigenvalue weighted by Gasteiger charge is 2.18. The van der Waals surface area contributed by atoms with Crippen molar-refractivity contribution in [2.45, 2.75) is 6.54 Å². The van der Waals surface area contributed by atoms with E-state index < -0.39 is 11.8 Å². The standard InChI is InChI=1S/C13H11BrFNO2S/c1-16(6-8-5-11(14)19-7-8)12-9(13(17)18)3-2-4-10(12)15/h2-5,7H,6H2,1H3,(H,17,18). The molecule has 0 unspecified atom stereocenters. The molecule has 6 heteroatoms. The van der Waals surface area contributed by atoms with E-state index in [1.54, 1.807) is 11.9 Å². The van der Waals surface area contributed by atoms with E-state index in [2.05, 4.69) is 15.9 Å². The molecule has 0 fully saturated rings. The van der Waals surface area contributed by atoms with Gasteiger partial charge in [-0.05, 0) is 45.1 Å². The zero-order valence-corrected chi connectivity index (χ0v) is 12.5. The van der Waals surface area contributed by atoms with Crippen molar-refractivity contribution in [3.63, 3.8) is 0 Å². The average molecular weight is 344 g/mol. The first-order chi connectivity index (χ1) is 8.99. The SMILES string of the molecule is CN(Cc1csc(Br)c1)c1c(F)cccc1C(=O)O. The number of carboxylic acid groups (broad SMARTS) is 1. The molecule has 1 aromatic heterocycles. The summed E-state index contributed by atoms with van der Waals surface area (Å²) in [5.41, 5.74) is 1.08. The highest BCUT2D eigenvalue weighted by molar-refractivity contribution is 9.11. The van der Waals surface area contributed by atoms with Crippen LogP contribution < -0.4 is 4.90 Å². The van der Waals surface area contributed by atoms with Crippen LogP contribution in [0.25, 0.3) is 0 Å². The summed E-state index contributed by atoms with van der Waals surface area (Å²) in [5, 5.41) is 11.1. The highest BCUT2D eigenvalue weighted by atomic mass is 79.9. The number of carboxylic acids is 1. The number of halogens is 2. The molecule has 0 saturated carbocycles. The van der Waals surface area contributed by atoms with Gasteiger partial charge >= 0.3 is 5.97 Å². The van der Waals surface area contributed by atoms with E-state index in [9.17, 15) is 9.18 Å². The zero-order chi connectivity index (χ0) is 14.0. The fraction of sp³-hybridized carbons (Fsp3) is 0.154. The first-order valence-corrected chi connectivity index (χ1v) is 7.12. The van der Waals surface area contributed by atoms with Crippen LogP contribution in [0.3, 0.4) is 0 Å². The summed E-state index contributed by atoms with van der Waals surface area (Å²) in [6, 6.07) is 6.00. The monoisotopic (exact) mass is 343 g/mol. The minimum Gasteiger partial charge on any atom is -0.478 e. The van der Waals surface area contributed by atoms with Crippen molar-refractivity contribution in [1.82, 2.24) is 0 Å². The largest absolute Gasteiger partial charge is 0.478 e. The molecule has 100 valence electrons. The minimum absolute atomic E-state index is 0.0307. The minimum atomic E-state index is -1.13. The summed E-state index contributed by atoms with van der Waals surface area (Å²) in [7, 11) is 1.68. The summed E-state index contributed by atoms with van der Waals surface area (Å²) in [6.45, 7) is 0.448. The summed E-state index contributed by atoms with van der Waals surface area (Å²) in [5.74, 6) is -1.66. The molecule has 0 radical (unpaired) electrons. The molecule has 0 aliphatic heterocycles. The van der Waals surface area contributed by atoms with Gasteiger partial charge < -0.3 is 10.0 Å². The highest BCUT2D eigenvalue weighted by Crippen LogP contribution is 2.27. The Bertz CT molecular complexity index is 614. The van der Waals surface area contributed by atoms with Crippen LogP contribution in [0, 0.1) is 5.82 Å². The van der Waals surface area contributed by atoms with E-state index in [0.717, 1.165) is 9.35 Å². The van der Waals surface area contributed by atoms with Crippen molar-refractivity contribution in [1.29, 1.82) is 0 Å². The molecule has 2 rings (SSSR count). The van der Waals surface area contributed by atoms with Crippen molar-refractivity contribution in [3.05, 3.63) is 50.4 Å². The lowest BCUT2D eigenvalue weighted by atomic mass is 10.1. The van der Waals surface area contributed by atoms with Gasteiger partial charge in [0.1, 0.15) is 5.82 Å². The van der Waals surface area contributed by atoms with E-state index in [-0.39, 0.29) is 11.3 Å². The van der Waals surface area contributed by atoms with Gasteiger partial charge in [0.15, 0.2) is 0 Å². The van der Waals surface area contributed by atoms with Crippen LogP contribution in [0.4, 0.5) is 10.1 Å². The Morgan fingerprint density at radius 2 is 2.26 bits per heavy atom. The Balaban J connectivity index is 2.32. The molecule has 2 aromatic rings. The number of para-hydroxylation sites is 1. The molecule has 1 N–H and O–H groups in total. The van der Waals surface area contributed by atoms with Crippen molar-refractivity contribution in [2.24, 2.45) is 0 Å². The van der Waals surface area contributed by atoms with Crippen LogP contribution in [0.15, 0.2) is 33.4 Å². The Kier molecular flexibility index (Phi) is 4.21. The second kappa shape index (κ2) is 5.71. The number of thiophene rings is 1. The Hall–Kier alpha value is -1.40.